The van der Waals surface area contributed by atoms with E-state index in [0.717, 1.165) is 22.3 Å². The molecular weight excluding hydrogens is 444 g/mol. The van der Waals surface area contributed by atoms with Crippen LogP contribution in [-0.2, 0) is 14.3 Å². The summed E-state index contributed by atoms with van der Waals surface area (Å²) in [7, 11) is 0. The lowest BCUT2D eigenvalue weighted by Crippen LogP contribution is -2.46. The summed E-state index contributed by atoms with van der Waals surface area (Å²) in [5.41, 5.74) is 3.66. The zero-order valence-electron chi connectivity index (χ0n) is 21.2. The third-order valence-electron chi connectivity index (χ3n) is 6.21. The lowest BCUT2D eigenvalue weighted by atomic mass is 9.88. The van der Waals surface area contributed by atoms with E-state index in [2.05, 4.69) is 34.9 Å². The van der Waals surface area contributed by atoms with Crippen molar-refractivity contribution in [1.82, 2.24) is 10.6 Å². The van der Waals surface area contributed by atoms with Crippen LogP contribution in [0.1, 0.15) is 70.9 Å². The number of amides is 2. The lowest BCUT2D eigenvalue weighted by Gasteiger charge is -2.27. The van der Waals surface area contributed by atoms with Crippen molar-refractivity contribution in [2.45, 2.75) is 71.4 Å². The molecule has 0 fully saturated rings. The molecule has 0 aliphatic heterocycles. The number of ether oxygens (including phenoxy) is 1. The SMILES string of the molecule is CC(C)(C)CC(NC(=O)CCC(C)(C)NC(=O)OCC1c2ccccc2-c2ccccc21)C(=O)O. The van der Waals surface area contributed by atoms with Crippen LogP contribution >= 0.6 is 0 Å². The van der Waals surface area contributed by atoms with Crippen molar-refractivity contribution in [3.63, 3.8) is 0 Å². The first-order valence-electron chi connectivity index (χ1n) is 12.0. The number of aliphatic carboxylic acids is 1. The maximum atomic E-state index is 12.6. The molecule has 1 atom stereocenters. The number of fused-ring (bicyclic) bond motifs is 3. The summed E-state index contributed by atoms with van der Waals surface area (Å²) in [6.07, 6.45) is 0.207. The Morgan fingerprint density at radius 3 is 2.00 bits per heavy atom. The minimum atomic E-state index is -1.05. The molecule has 35 heavy (non-hydrogen) atoms. The highest BCUT2D eigenvalue weighted by atomic mass is 16.5. The van der Waals surface area contributed by atoms with E-state index in [0.29, 0.717) is 12.8 Å². The van der Waals surface area contributed by atoms with Crippen molar-refractivity contribution in [1.29, 1.82) is 0 Å². The number of carboxylic acids is 1. The molecule has 7 nitrogen and oxygen atoms in total. The van der Waals surface area contributed by atoms with Crippen LogP contribution in [0.2, 0.25) is 0 Å². The first-order chi connectivity index (χ1) is 16.4. The molecular formula is C28H36N2O5. The number of carbonyl (C=O) groups is 3. The zero-order chi connectivity index (χ0) is 25.8. The molecule has 0 heterocycles. The maximum absolute atomic E-state index is 12.6. The van der Waals surface area contributed by atoms with Gasteiger partial charge in [-0.25, -0.2) is 9.59 Å². The van der Waals surface area contributed by atoms with Crippen LogP contribution in [0.4, 0.5) is 4.79 Å². The number of nitrogens with one attached hydrogen (secondary N) is 2. The molecule has 3 rings (SSSR count). The fourth-order valence-corrected chi connectivity index (χ4v) is 4.48. The van der Waals surface area contributed by atoms with Gasteiger partial charge in [0, 0.05) is 17.9 Å². The Kier molecular flexibility index (Phi) is 7.88. The van der Waals surface area contributed by atoms with Gasteiger partial charge in [-0.05, 0) is 54.4 Å². The van der Waals surface area contributed by atoms with E-state index in [1.807, 2.05) is 58.9 Å². The monoisotopic (exact) mass is 480 g/mol. The van der Waals surface area contributed by atoms with Gasteiger partial charge < -0.3 is 20.5 Å². The minimum absolute atomic E-state index is 0.0298. The average Bonchev–Trinajstić information content (AvgIpc) is 3.08. The number of benzene rings is 2. The predicted molar refractivity (Wildman–Crippen MR) is 135 cm³/mol. The summed E-state index contributed by atoms with van der Waals surface area (Å²) < 4.78 is 5.60. The number of carboxylic acid groups (broad SMARTS) is 1. The molecule has 2 aromatic rings. The molecule has 3 N–H and O–H groups in total. The van der Waals surface area contributed by atoms with E-state index < -0.39 is 23.6 Å². The Labute approximate surface area is 207 Å². The fraction of sp³-hybridized carbons (Fsp3) is 0.464. The molecule has 188 valence electrons. The fourth-order valence-electron chi connectivity index (χ4n) is 4.48. The van der Waals surface area contributed by atoms with Crippen molar-refractivity contribution >= 4 is 18.0 Å². The Balaban J connectivity index is 1.52. The van der Waals surface area contributed by atoms with Gasteiger partial charge in [-0.15, -0.1) is 0 Å². The second-order valence-corrected chi connectivity index (χ2v) is 11.1. The smallest absolute Gasteiger partial charge is 0.407 e. The molecule has 2 amide bonds. The summed E-state index contributed by atoms with van der Waals surface area (Å²) in [5.74, 6) is -1.44. The van der Waals surface area contributed by atoms with E-state index in [1.54, 1.807) is 0 Å². The standard InChI is InChI=1S/C28H36N2O5/c1-27(2,3)16-23(25(32)33)29-24(31)14-15-28(4,5)30-26(34)35-17-22-20-12-8-6-10-18(20)19-11-7-9-13-21(19)22/h6-13,22-23H,14-17H2,1-5H3,(H,29,31)(H,30,34)(H,32,33). The van der Waals surface area contributed by atoms with Crippen LogP contribution in [0.3, 0.4) is 0 Å². The first-order valence-corrected chi connectivity index (χ1v) is 12.0. The van der Waals surface area contributed by atoms with Crippen molar-refractivity contribution in [2.24, 2.45) is 5.41 Å². The van der Waals surface area contributed by atoms with Crippen LogP contribution in [0.25, 0.3) is 11.1 Å². The quantitative estimate of drug-likeness (QED) is 0.464. The highest BCUT2D eigenvalue weighted by Crippen LogP contribution is 2.44. The molecule has 0 radical (unpaired) electrons. The van der Waals surface area contributed by atoms with Crippen molar-refractivity contribution < 1.29 is 24.2 Å². The highest BCUT2D eigenvalue weighted by Gasteiger charge is 2.31. The highest BCUT2D eigenvalue weighted by molar-refractivity contribution is 5.83. The number of rotatable bonds is 9. The van der Waals surface area contributed by atoms with Gasteiger partial charge in [0.15, 0.2) is 0 Å². The molecule has 1 unspecified atom stereocenters. The topological polar surface area (TPSA) is 105 Å². The lowest BCUT2D eigenvalue weighted by molar-refractivity contribution is -0.142. The Morgan fingerprint density at radius 2 is 1.49 bits per heavy atom. The van der Waals surface area contributed by atoms with E-state index >= 15 is 0 Å². The third kappa shape index (κ3) is 7.07. The Morgan fingerprint density at radius 1 is 0.943 bits per heavy atom. The third-order valence-corrected chi connectivity index (χ3v) is 6.21. The average molecular weight is 481 g/mol. The molecule has 0 spiro atoms. The van der Waals surface area contributed by atoms with Crippen LogP contribution in [0.5, 0.6) is 0 Å². The van der Waals surface area contributed by atoms with Crippen LogP contribution in [0, 0.1) is 5.41 Å². The predicted octanol–water partition coefficient (Wildman–Crippen LogP) is 5.09. The molecule has 0 saturated carbocycles. The van der Waals surface area contributed by atoms with Gasteiger partial charge in [0.1, 0.15) is 12.6 Å². The number of hydrogen-bond acceptors (Lipinski definition) is 4. The van der Waals surface area contributed by atoms with Crippen molar-refractivity contribution in [3.8, 4) is 11.1 Å². The zero-order valence-corrected chi connectivity index (χ0v) is 21.2. The molecule has 0 saturated heterocycles. The van der Waals surface area contributed by atoms with E-state index in [-0.39, 0.29) is 30.3 Å². The van der Waals surface area contributed by atoms with Gasteiger partial charge >= 0.3 is 12.1 Å². The molecule has 0 aromatic heterocycles. The van der Waals surface area contributed by atoms with Gasteiger partial charge in [-0.3, -0.25) is 4.79 Å². The van der Waals surface area contributed by atoms with Gasteiger partial charge in [-0.2, -0.15) is 0 Å². The normalized spacial score (nSPS) is 14.0. The largest absolute Gasteiger partial charge is 0.480 e. The number of hydrogen-bond donors (Lipinski definition) is 3. The van der Waals surface area contributed by atoms with E-state index in [4.69, 9.17) is 4.74 Å². The molecule has 2 aromatic carbocycles. The first kappa shape index (κ1) is 26.3. The number of alkyl carbamates (subject to hydrolysis) is 1. The summed E-state index contributed by atoms with van der Waals surface area (Å²) >= 11 is 0. The van der Waals surface area contributed by atoms with Crippen molar-refractivity contribution in [2.75, 3.05) is 6.61 Å². The van der Waals surface area contributed by atoms with Crippen LogP contribution in [0.15, 0.2) is 48.5 Å². The van der Waals surface area contributed by atoms with Gasteiger partial charge in [0.2, 0.25) is 5.91 Å². The van der Waals surface area contributed by atoms with Crippen molar-refractivity contribution in [3.05, 3.63) is 59.7 Å². The van der Waals surface area contributed by atoms with Gasteiger partial charge in [0.25, 0.3) is 0 Å². The molecule has 1 aliphatic carbocycles. The molecule has 0 bridgehead atoms. The summed E-state index contributed by atoms with van der Waals surface area (Å²) in [5, 5.41) is 14.9. The van der Waals surface area contributed by atoms with Crippen LogP contribution in [-0.4, -0.2) is 41.3 Å². The summed E-state index contributed by atoms with van der Waals surface area (Å²) in [4.78, 5) is 36.5. The minimum Gasteiger partial charge on any atom is -0.480 e. The maximum Gasteiger partial charge on any atom is 0.407 e. The van der Waals surface area contributed by atoms with E-state index in [9.17, 15) is 19.5 Å². The Bertz CT molecular complexity index is 1040. The second-order valence-electron chi connectivity index (χ2n) is 11.1. The Hall–Kier alpha value is -3.35. The van der Waals surface area contributed by atoms with Gasteiger partial charge in [-0.1, -0.05) is 69.3 Å². The summed E-state index contributed by atoms with van der Waals surface area (Å²) in [6.45, 7) is 9.62. The van der Waals surface area contributed by atoms with E-state index in [1.165, 1.54) is 0 Å². The molecule has 1 aliphatic rings. The second kappa shape index (κ2) is 10.5. The summed E-state index contributed by atoms with van der Waals surface area (Å²) in [6, 6.07) is 15.3. The number of carbonyl (C=O) groups excluding carboxylic acids is 2. The van der Waals surface area contributed by atoms with Gasteiger partial charge in [0.05, 0.1) is 0 Å². The van der Waals surface area contributed by atoms with Crippen LogP contribution < -0.4 is 10.6 Å². The molecule has 7 heteroatoms.